The smallest absolute Gasteiger partial charge is 0.340 e. The average Bonchev–Trinajstić information content (AvgIpc) is 2.28. The largest absolute Gasteiger partial charge is 0.465 e. The van der Waals surface area contributed by atoms with Crippen molar-refractivity contribution in [2.45, 2.75) is 19.9 Å². The van der Waals surface area contributed by atoms with E-state index in [0.29, 0.717) is 17.8 Å². The lowest BCUT2D eigenvalue weighted by Crippen LogP contribution is -2.21. The van der Waals surface area contributed by atoms with Gasteiger partial charge in [0.2, 0.25) is 0 Å². The molecule has 0 heterocycles. The van der Waals surface area contributed by atoms with Gasteiger partial charge in [-0.15, -0.1) is 0 Å². The third kappa shape index (κ3) is 3.46. The molecule has 1 aromatic carbocycles. The minimum absolute atomic E-state index is 0.372. The molecule has 4 nitrogen and oxygen atoms in total. The number of benzene rings is 1. The molecule has 0 aliphatic carbocycles. The second-order valence-corrected chi connectivity index (χ2v) is 4.11. The number of methoxy groups -OCH3 is 1. The zero-order valence-electron chi connectivity index (χ0n) is 10.7. The first-order valence-electron chi connectivity index (χ1n) is 5.74. The lowest BCUT2D eigenvalue weighted by molar-refractivity contribution is 0.0600. The van der Waals surface area contributed by atoms with Crippen molar-refractivity contribution in [2.24, 2.45) is 0 Å². The Labute approximate surface area is 102 Å². The van der Waals surface area contributed by atoms with E-state index in [4.69, 9.17) is 10.5 Å². The predicted molar refractivity (Wildman–Crippen MR) is 68.8 cm³/mol. The molecule has 0 aliphatic rings. The molecular formula is C13H20N2O2. The van der Waals surface area contributed by atoms with Gasteiger partial charge in [0.15, 0.2) is 0 Å². The van der Waals surface area contributed by atoms with E-state index < -0.39 is 0 Å². The third-order valence-electron chi connectivity index (χ3n) is 2.62. The maximum atomic E-state index is 11.7. The normalized spacial score (nSPS) is 10.6. The van der Waals surface area contributed by atoms with Gasteiger partial charge in [0.1, 0.15) is 0 Å². The van der Waals surface area contributed by atoms with Crippen molar-refractivity contribution in [1.82, 2.24) is 4.90 Å². The fourth-order valence-electron chi connectivity index (χ4n) is 1.85. The van der Waals surface area contributed by atoms with Crippen molar-refractivity contribution in [2.75, 3.05) is 26.4 Å². The van der Waals surface area contributed by atoms with Crippen molar-refractivity contribution in [3.8, 4) is 0 Å². The zero-order valence-corrected chi connectivity index (χ0v) is 10.7. The highest BCUT2D eigenvalue weighted by molar-refractivity contribution is 5.96. The Bertz CT molecular complexity index is 391. The van der Waals surface area contributed by atoms with Crippen LogP contribution in [-0.4, -0.2) is 31.6 Å². The summed E-state index contributed by atoms with van der Waals surface area (Å²) in [5, 5.41) is 0. The van der Waals surface area contributed by atoms with Crippen molar-refractivity contribution in [3.05, 3.63) is 29.3 Å². The summed E-state index contributed by atoms with van der Waals surface area (Å²) >= 11 is 0. The lowest BCUT2D eigenvalue weighted by Gasteiger charge is -2.18. The highest BCUT2D eigenvalue weighted by Crippen LogP contribution is 2.19. The Hall–Kier alpha value is -1.55. The molecule has 0 atom stereocenters. The van der Waals surface area contributed by atoms with E-state index in [2.05, 4.69) is 11.8 Å². The van der Waals surface area contributed by atoms with Crippen LogP contribution in [0.3, 0.4) is 0 Å². The molecule has 0 unspecified atom stereocenters. The number of carbonyl (C=O) groups is 1. The van der Waals surface area contributed by atoms with E-state index in [1.165, 1.54) is 7.11 Å². The van der Waals surface area contributed by atoms with Gasteiger partial charge in [-0.3, -0.25) is 0 Å². The van der Waals surface area contributed by atoms with Crippen LogP contribution >= 0.6 is 0 Å². The summed E-state index contributed by atoms with van der Waals surface area (Å²) in [7, 11) is 3.39. The van der Waals surface area contributed by atoms with E-state index >= 15 is 0 Å². The number of carbonyl (C=O) groups excluding carboxylic acids is 1. The molecule has 1 rings (SSSR count). The first-order valence-corrected chi connectivity index (χ1v) is 5.74. The predicted octanol–water partition coefficient (Wildman–Crippen LogP) is 1.90. The van der Waals surface area contributed by atoms with E-state index in [1.54, 1.807) is 6.07 Å². The topological polar surface area (TPSA) is 55.6 Å². The molecule has 1 aromatic rings. The first-order chi connectivity index (χ1) is 8.10. The summed E-state index contributed by atoms with van der Waals surface area (Å²) in [5.41, 5.74) is 7.69. The molecular weight excluding hydrogens is 216 g/mol. The third-order valence-corrected chi connectivity index (χ3v) is 2.62. The Kier molecular flexibility index (Phi) is 4.97. The van der Waals surface area contributed by atoms with Gasteiger partial charge in [-0.2, -0.15) is 0 Å². The SMILES string of the molecule is CCCN(C)Cc1cccc(N)c1C(=O)OC. The Morgan fingerprint density at radius 2 is 2.18 bits per heavy atom. The molecule has 2 N–H and O–H groups in total. The highest BCUT2D eigenvalue weighted by Gasteiger charge is 2.15. The Balaban J connectivity index is 2.98. The fraction of sp³-hybridized carbons (Fsp3) is 0.462. The molecule has 4 heteroatoms. The molecule has 94 valence electrons. The number of hydrogen-bond donors (Lipinski definition) is 1. The van der Waals surface area contributed by atoms with Crippen LogP contribution in [0, 0.1) is 0 Å². The molecule has 0 aliphatic heterocycles. The van der Waals surface area contributed by atoms with Gasteiger partial charge >= 0.3 is 5.97 Å². The molecule has 17 heavy (non-hydrogen) atoms. The maximum absolute atomic E-state index is 11.7. The Morgan fingerprint density at radius 3 is 2.76 bits per heavy atom. The van der Waals surface area contributed by atoms with E-state index in [9.17, 15) is 4.79 Å². The van der Waals surface area contributed by atoms with Crippen LogP contribution in [0.25, 0.3) is 0 Å². The summed E-state index contributed by atoms with van der Waals surface area (Å²) in [4.78, 5) is 13.8. The monoisotopic (exact) mass is 236 g/mol. The standard InChI is InChI=1S/C13H20N2O2/c1-4-8-15(2)9-10-6-5-7-11(14)12(10)13(16)17-3/h5-7H,4,8-9,14H2,1-3H3. The van der Waals surface area contributed by atoms with E-state index in [0.717, 1.165) is 18.5 Å². The molecule has 0 bridgehead atoms. The molecule has 0 spiro atoms. The van der Waals surface area contributed by atoms with Crippen molar-refractivity contribution in [3.63, 3.8) is 0 Å². The van der Waals surface area contributed by atoms with Crippen molar-refractivity contribution < 1.29 is 9.53 Å². The van der Waals surface area contributed by atoms with Crippen molar-refractivity contribution in [1.29, 1.82) is 0 Å². The summed E-state index contributed by atoms with van der Waals surface area (Å²) < 4.78 is 4.76. The number of nitrogen functional groups attached to an aromatic ring is 1. The van der Waals surface area contributed by atoms with Crippen LogP contribution in [-0.2, 0) is 11.3 Å². The van der Waals surface area contributed by atoms with E-state index in [1.807, 2.05) is 19.2 Å². The van der Waals surface area contributed by atoms with Gasteiger partial charge in [0, 0.05) is 12.2 Å². The molecule has 0 saturated carbocycles. The summed E-state index contributed by atoms with van der Waals surface area (Å²) in [5.74, 6) is -0.372. The van der Waals surface area contributed by atoms with Gasteiger partial charge < -0.3 is 15.4 Å². The number of hydrogen-bond acceptors (Lipinski definition) is 4. The zero-order chi connectivity index (χ0) is 12.8. The summed E-state index contributed by atoms with van der Waals surface area (Å²) in [6.07, 6.45) is 1.08. The fourth-order valence-corrected chi connectivity index (χ4v) is 1.85. The second-order valence-electron chi connectivity index (χ2n) is 4.11. The van der Waals surface area contributed by atoms with Crippen LogP contribution in [0.15, 0.2) is 18.2 Å². The number of ether oxygens (including phenoxy) is 1. The van der Waals surface area contributed by atoms with Crippen LogP contribution in [0.5, 0.6) is 0 Å². The molecule has 0 radical (unpaired) electrons. The summed E-state index contributed by atoms with van der Waals surface area (Å²) in [6, 6.07) is 5.49. The van der Waals surface area contributed by atoms with Crippen LogP contribution in [0.2, 0.25) is 0 Å². The summed E-state index contributed by atoms with van der Waals surface area (Å²) in [6.45, 7) is 3.80. The minimum Gasteiger partial charge on any atom is -0.465 e. The maximum Gasteiger partial charge on any atom is 0.340 e. The first kappa shape index (κ1) is 13.5. The van der Waals surface area contributed by atoms with Gasteiger partial charge in [-0.1, -0.05) is 19.1 Å². The van der Waals surface area contributed by atoms with E-state index in [-0.39, 0.29) is 5.97 Å². The molecule has 0 saturated heterocycles. The highest BCUT2D eigenvalue weighted by atomic mass is 16.5. The molecule has 0 aromatic heterocycles. The van der Waals surface area contributed by atoms with Gasteiger partial charge in [0.05, 0.1) is 12.7 Å². The molecule has 0 amide bonds. The van der Waals surface area contributed by atoms with Gasteiger partial charge in [0.25, 0.3) is 0 Å². The number of nitrogens with zero attached hydrogens (tertiary/aromatic N) is 1. The van der Waals surface area contributed by atoms with Crippen LogP contribution < -0.4 is 5.73 Å². The number of anilines is 1. The Morgan fingerprint density at radius 1 is 1.47 bits per heavy atom. The number of esters is 1. The van der Waals surface area contributed by atoms with Gasteiger partial charge in [-0.05, 0) is 31.6 Å². The van der Waals surface area contributed by atoms with Crippen LogP contribution in [0.4, 0.5) is 5.69 Å². The average molecular weight is 236 g/mol. The number of rotatable bonds is 5. The van der Waals surface area contributed by atoms with Gasteiger partial charge in [-0.25, -0.2) is 4.79 Å². The minimum atomic E-state index is -0.372. The number of nitrogens with two attached hydrogens (primary N) is 1. The molecule has 0 fully saturated rings. The second kappa shape index (κ2) is 6.25. The van der Waals surface area contributed by atoms with Crippen LogP contribution in [0.1, 0.15) is 29.3 Å². The lowest BCUT2D eigenvalue weighted by atomic mass is 10.0. The quantitative estimate of drug-likeness (QED) is 0.626. The van der Waals surface area contributed by atoms with Crippen molar-refractivity contribution >= 4 is 11.7 Å².